The van der Waals surface area contributed by atoms with Crippen molar-refractivity contribution in [3.63, 3.8) is 0 Å². The molecule has 0 amide bonds. The summed E-state index contributed by atoms with van der Waals surface area (Å²) in [5.41, 5.74) is -0.367. The molecule has 0 aromatic carbocycles. The lowest BCUT2D eigenvalue weighted by molar-refractivity contribution is -0.196. The molecule has 4 rings (SSSR count). The van der Waals surface area contributed by atoms with Gasteiger partial charge in [0.15, 0.2) is 0 Å². The zero-order valence-corrected chi connectivity index (χ0v) is 10.8. The molecule has 2 nitrogen and oxygen atoms in total. The van der Waals surface area contributed by atoms with Gasteiger partial charge in [0.2, 0.25) is 0 Å². The number of rotatable bonds is 1. The SMILES string of the molecule is CC1(C)C2CC3CC(C2)CC1(C(=O)O)C3.Cl. The molecule has 3 heteroatoms. The Bertz CT molecular complexity index is 310. The lowest BCUT2D eigenvalue weighted by atomic mass is 9.40. The van der Waals surface area contributed by atoms with Crippen LogP contribution in [0, 0.1) is 28.6 Å². The molecule has 4 aliphatic rings. The van der Waals surface area contributed by atoms with Gasteiger partial charge in [-0.3, -0.25) is 4.79 Å². The predicted molar refractivity (Wildman–Crippen MR) is 64.7 cm³/mol. The second-order valence-corrected chi connectivity index (χ2v) is 6.65. The van der Waals surface area contributed by atoms with Crippen LogP contribution in [0.2, 0.25) is 0 Å². The smallest absolute Gasteiger partial charge is 0.310 e. The summed E-state index contributed by atoms with van der Waals surface area (Å²) in [6.45, 7) is 4.40. The van der Waals surface area contributed by atoms with E-state index in [-0.39, 0.29) is 23.2 Å². The van der Waals surface area contributed by atoms with Crippen molar-refractivity contribution in [2.24, 2.45) is 28.6 Å². The van der Waals surface area contributed by atoms with Crippen LogP contribution >= 0.6 is 12.4 Å². The van der Waals surface area contributed by atoms with Gasteiger partial charge in [-0.25, -0.2) is 0 Å². The summed E-state index contributed by atoms with van der Waals surface area (Å²) in [6, 6.07) is 0. The highest BCUT2D eigenvalue weighted by atomic mass is 35.5. The minimum absolute atomic E-state index is 0. The second-order valence-electron chi connectivity index (χ2n) is 6.65. The largest absolute Gasteiger partial charge is 0.481 e. The van der Waals surface area contributed by atoms with E-state index in [1.807, 2.05) is 0 Å². The van der Waals surface area contributed by atoms with Crippen LogP contribution in [0.1, 0.15) is 46.0 Å². The van der Waals surface area contributed by atoms with Crippen molar-refractivity contribution in [3.8, 4) is 0 Å². The fourth-order valence-corrected chi connectivity index (χ4v) is 4.92. The standard InChI is InChI=1S/C13H20O2.ClH/c1-12(2)10-4-8-3-9(5-10)7-13(12,6-8)11(14)15;/h8-10H,3-7H2,1-2H3,(H,14,15);1H. The van der Waals surface area contributed by atoms with Crippen LogP contribution in [0.3, 0.4) is 0 Å². The number of hydrogen-bond donors (Lipinski definition) is 1. The van der Waals surface area contributed by atoms with Crippen LogP contribution in [0.5, 0.6) is 0 Å². The number of carboxylic acid groups (broad SMARTS) is 1. The van der Waals surface area contributed by atoms with E-state index in [9.17, 15) is 9.90 Å². The molecule has 4 aliphatic carbocycles. The third-order valence-electron chi connectivity index (χ3n) is 5.84. The Morgan fingerprint density at radius 3 is 2.06 bits per heavy atom. The van der Waals surface area contributed by atoms with Crippen LogP contribution < -0.4 is 0 Å². The average Bonchev–Trinajstić information content (AvgIpc) is 2.13. The van der Waals surface area contributed by atoms with Crippen molar-refractivity contribution in [2.75, 3.05) is 0 Å². The zero-order chi connectivity index (χ0) is 10.8. The van der Waals surface area contributed by atoms with Gasteiger partial charge < -0.3 is 5.11 Å². The molecule has 2 unspecified atom stereocenters. The summed E-state index contributed by atoms with van der Waals surface area (Å²) in [5.74, 6) is 1.57. The topological polar surface area (TPSA) is 37.3 Å². The quantitative estimate of drug-likeness (QED) is 0.768. The Kier molecular flexibility index (Phi) is 2.58. The van der Waals surface area contributed by atoms with Gasteiger partial charge in [0.05, 0.1) is 5.41 Å². The zero-order valence-electron chi connectivity index (χ0n) is 10.0. The minimum atomic E-state index is -0.522. The first kappa shape index (κ1) is 12.2. The highest BCUT2D eigenvalue weighted by Gasteiger charge is 2.64. The first-order valence-electron chi connectivity index (χ1n) is 6.19. The summed E-state index contributed by atoms with van der Waals surface area (Å²) in [7, 11) is 0. The molecule has 2 atom stereocenters. The van der Waals surface area contributed by atoms with Gasteiger partial charge in [-0.15, -0.1) is 12.4 Å². The lowest BCUT2D eigenvalue weighted by Crippen LogP contribution is -2.60. The van der Waals surface area contributed by atoms with Gasteiger partial charge in [0.25, 0.3) is 0 Å². The highest BCUT2D eigenvalue weighted by Crippen LogP contribution is 2.68. The minimum Gasteiger partial charge on any atom is -0.481 e. The van der Waals surface area contributed by atoms with Crippen LogP contribution in [-0.4, -0.2) is 11.1 Å². The molecule has 16 heavy (non-hydrogen) atoms. The number of carboxylic acids is 1. The van der Waals surface area contributed by atoms with E-state index in [0.29, 0.717) is 17.8 Å². The molecule has 4 saturated carbocycles. The summed E-state index contributed by atoms with van der Waals surface area (Å²) in [4.78, 5) is 11.7. The average molecular weight is 245 g/mol. The fourth-order valence-electron chi connectivity index (χ4n) is 4.92. The molecule has 4 bridgehead atoms. The predicted octanol–water partition coefficient (Wildman–Crippen LogP) is 3.35. The van der Waals surface area contributed by atoms with E-state index in [1.165, 1.54) is 19.3 Å². The van der Waals surface area contributed by atoms with E-state index < -0.39 is 5.97 Å². The molecule has 0 aromatic rings. The molecule has 0 aliphatic heterocycles. The van der Waals surface area contributed by atoms with Crippen LogP contribution in [0.15, 0.2) is 0 Å². The number of hydrogen-bond acceptors (Lipinski definition) is 1. The lowest BCUT2D eigenvalue weighted by Gasteiger charge is -2.63. The van der Waals surface area contributed by atoms with Crippen molar-refractivity contribution < 1.29 is 9.90 Å². The Labute approximate surface area is 103 Å². The summed E-state index contributed by atoms with van der Waals surface area (Å²) < 4.78 is 0. The number of halogens is 1. The molecule has 0 aromatic heterocycles. The van der Waals surface area contributed by atoms with Crippen molar-refractivity contribution in [1.29, 1.82) is 0 Å². The molecular weight excluding hydrogens is 224 g/mol. The molecule has 0 radical (unpaired) electrons. The van der Waals surface area contributed by atoms with Gasteiger partial charge in [-0.2, -0.15) is 0 Å². The molecule has 0 spiro atoms. The van der Waals surface area contributed by atoms with E-state index in [4.69, 9.17) is 0 Å². The molecule has 0 heterocycles. The third-order valence-corrected chi connectivity index (χ3v) is 5.84. The van der Waals surface area contributed by atoms with Gasteiger partial charge in [-0.1, -0.05) is 13.8 Å². The maximum absolute atomic E-state index is 11.7. The molecule has 1 N–H and O–H groups in total. The Balaban J connectivity index is 0.000000963. The van der Waals surface area contributed by atoms with Gasteiger partial charge >= 0.3 is 5.97 Å². The van der Waals surface area contributed by atoms with E-state index in [2.05, 4.69) is 13.8 Å². The van der Waals surface area contributed by atoms with Crippen molar-refractivity contribution in [2.45, 2.75) is 46.0 Å². The monoisotopic (exact) mass is 244 g/mol. The van der Waals surface area contributed by atoms with Gasteiger partial charge in [-0.05, 0) is 55.3 Å². The van der Waals surface area contributed by atoms with Crippen LogP contribution in [0.25, 0.3) is 0 Å². The van der Waals surface area contributed by atoms with Crippen molar-refractivity contribution in [3.05, 3.63) is 0 Å². The van der Waals surface area contributed by atoms with Crippen LogP contribution in [0.4, 0.5) is 0 Å². The van der Waals surface area contributed by atoms with Gasteiger partial charge in [0, 0.05) is 0 Å². The fraction of sp³-hybridized carbons (Fsp3) is 0.923. The molecule has 0 saturated heterocycles. The maximum Gasteiger partial charge on any atom is 0.310 e. The summed E-state index contributed by atoms with van der Waals surface area (Å²) in [6.07, 6.45) is 5.78. The molecular formula is C13H21ClO2. The summed E-state index contributed by atoms with van der Waals surface area (Å²) in [5, 5.41) is 9.61. The first-order valence-corrected chi connectivity index (χ1v) is 6.19. The van der Waals surface area contributed by atoms with E-state index >= 15 is 0 Å². The van der Waals surface area contributed by atoms with E-state index in [1.54, 1.807) is 0 Å². The molecule has 4 fully saturated rings. The highest BCUT2D eigenvalue weighted by molar-refractivity contribution is 5.85. The Hall–Kier alpha value is -0.240. The normalized spacial score (nSPS) is 47.5. The number of aliphatic carboxylic acids is 1. The van der Waals surface area contributed by atoms with Crippen LogP contribution in [-0.2, 0) is 4.79 Å². The maximum atomic E-state index is 11.7. The first-order chi connectivity index (χ1) is 6.96. The third kappa shape index (κ3) is 1.23. The Morgan fingerprint density at radius 2 is 1.62 bits per heavy atom. The van der Waals surface area contributed by atoms with E-state index in [0.717, 1.165) is 12.8 Å². The molecule has 92 valence electrons. The number of carbonyl (C=O) groups is 1. The van der Waals surface area contributed by atoms with Gasteiger partial charge in [0.1, 0.15) is 0 Å². The summed E-state index contributed by atoms with van der Waals surface area (Å²) >= 11 is 0. The Morgan fingerprint density at radius 1 is 1.12 bits per heavy atom. The van der Waals surface area contributed by atoms with Crippen molar-refractivity contribution in [1.82, 2.24) is 0 Å². The van der Waals surface area contributed by atoms with Crippen molar-refractivity contribution >= 4 is 18.4 Å². The second kappa shape index (κ2) is 3.38.